The summed E-state index contributed by atoms with van der Waals surface area (Å²) in [7, 11) is 3.25. The number of amides is 3. The fraction of sp³-hybridized carbons (Fsp3) is 0.545. The minimum Gasteiger partial charge on any atom is -0.480 e. The maximum absolute atomic E-state index is 11.6. The van der Waals surface area contributed by atoms with E-state index in [-0.39, 0.29) is 25.4 Å². The number of rotatable bonds is 7. The fourth-order valence-corrected chi connectivity index (χ4v) is 1.15. The van der Waals surface area contributed by atoms with E-state index < -0.39 is 18.5 Å². The Hall–Kier alpha value is -2.05. The van der Waals surface area contributed by atoms with Crippen LogP contribution >= 0.6 is 0 Å². The molecule has 0 atom stereocenters. The molecule has 102 valence electrons. The Kier molecular flexibility index (Phi) is 7.18. The van der Waals surface area contributed by atoms with Gasteiger partial charge in [-0.3, -0.25) is 9.59 Å². The molecule has 18 heavy (non-hydrogen) atoms. The zero-order valence-electron chi connectivity index (χ0n) is 10.7. The minimum absolute atomic E-state index is 0.108. The lowest BCUT2D eigenvalue weighted by Crippen LogP contribution is -2.43. The number of carboxylic acid groups (broad SMARTS) is 1. The normalized spacial score (nSPS) is 9.44. The molecule has 0 heterocycles. The molecule has 7 heteroatoms. The molecular weight excluding hydrogens is 238 g/mol. The van der Waals surface area contributed by atoms with E-state index in [1.807, 2.05) is 0 Å². The van der Waals surface area contributed by atoms with Gasteiger partial charge in [0, 0.05) is 33.6 Å². The topological polar surface area (TPSA) is 90.0 Å². The number of hydrogen-bond acceptors (Lipinski definition) is 3. The summed E-state index contributed by atoms with van der Waals surface area (Å²) in [5, 5.41) is 11.1. The molecule has 0 fully saturated rings. The zero-order valence-corrected chi connectivity index (χ0v) is 10.7. The number of hydrogen-bond donors (Lipinski definition) is 2. The maximum atomic E-state index is 11.6. The van der Waals surface area contributed by atoms with Crippen LogP contribution in [-0.4, -0.2) is 66.5 Å². The van der Waals surface area contributed by atoms with E-state index in [1.54, 1.807) is 14.1 Å². The van der Waals surface area contributed by atoms with E-state index in [4.69, 9.17) is 5.11 Å². The number of nitrogens with zero attached hydrogens (tertiary/aromatic N) is 2. The first-order valence-electron chi connectivity index (χ1n) is 5.44. The number of urea groups is 1. The number of carboxylic acids is 1. The van der Waals surface area contributed by atoms with Crippen molar-refractivity contribution in [2.45, 2.75) is 6.42 Å². The molecule has 0 aliphatic rings. The van der Waals surface area contributed by atoms with Crippen molar-refractivity contribution in [3.63, 3.8) is 0 Å². The van der Waals surface area contributed by atoms with Crippen LogP contribution in [0.1, 0.15) is 6.42 Å². The van der Waals surface area contributed by atoms with Crippen LogP contribution in [0.4, 0.5) is 4.79 Å². The Morgan fingerprint density at radius 2 is 1.94 bits per heavy atom. The van der Waals surface area contributed by atoms with E-state index in [0.717, 1.165) is 4.90 Å². The molecule has 0 spiro atoms. The standard InChI is InChI=1S/C11H19N3O4/c1-4-7-14(8-10(16)17)11(18)12-6-5-9(15)13(2)3/h4H,1,5-8H2,2-3H3,(H,12,18)(H,16,17). The molecule has 0 saturated carbocycles. The predicted octanol–water partition coefficient (Wildman–Crippen LogP) is -0.253. The Balaban J connectivity index is 4.14. The van der Waals surface area contributed by atoms with E-state index in [2.05, 4.69) is 11.9 Å². The van der Waals surface area contributed by atoms with Crippen LogP contribution in [0, 0.1) is 0 Å². The highest BCUT2D eigenvalue weighted by atomic mass is 16.4. The molecule has 0 aromatic carbocycles. The van der Waals surface area contributed by atoms with Crippen molar-refractivity contribution < 1.29 is 19.5 Å². The third kappa shape index (κ3) is 6.51. The molecule has 0 unspecified atom stereocenters. The first-order valence-corrected chi connectivity index (χ1v) is 5.44. The molecule has 0 radical (unpaired) electrons. The van der Waals surface area contributed by atoms with Gasteiger partial charge in [-0.15, -0.1) is 6.58 Å². The highest BCUT2D eigenvalue weighted by Gasteiger charge is 2.15. The molecule has 3 amide bonds. The molecule has 0 aliphatic carbocycles. The van der Waals surface area contributed by atoms with Gasteiger partial charge in [-0.25, -0.2) is 4.79 Å². The largest absolute Gasteiger partial charge is 0.480 e. The Bertz CT molecular complexity index is 328. The zero-order chi connectivity index (χ0) is 14.1. The van der Waals surface area contributed by atoms with E-state index >= 15 is 0 Å². The van der Waals surface area contributed by atoms with E-state index in [0.29, 0.717) is 0 Å². The first kappa shape index (κ1) is 16.0. The smallest absolute Gasteiger partial charge is 0.323 e. The summed E-state index contributed by atoms with van der Waals surface area (Å²) in [5.74, 6) is -1.21. The highest BCUT2D eigenvalue weighted by molar-refractivity contribution is 5.81. The van der Waals surface area contributed by atoms with Gasteiger partial charge in [0.2, 0.25) is 5.91 Å². The van der Waals surface area contributed by atoms with Crippen molar-refractivity contribution in [1.82, 2.24) is 15.1 Å². The van der Waals surface area contributed by atoms with Crippen LogP contribution in [0.3, 0.4) is 0 Å². The molecule has 0 aliphatic heterocycles. The predicted molar refractivity (Wildman–Crippen MR) is 66.1 cm³/mol. The summed E-state index contributed by atoms with van der Waals surface area (Å²) in [6, 6.07) is -0.524. The molecule has 0 saturated heterocycles. The van der Waals surface area contributed by atoms with Gasteiger partial charge in [-0.2, -0.15) is 0 Å². The second-order valence-electron chi connectivity index (χ2n) is 3.83. The SMILES string of the molecule is C=CCN(CC(=O)O)C(=O)NCCC(=O)N(C)C. The van der Waals surface area contributed by atoms with Crippen molar-refractivity contribution in [2.75, 3.05) is 33.7 Å². The third-order valence-corrected chi connectivity index (χ3v) is 2.08. The summed E-state index contributed by atoms with van der Waals surface area (Å²) < 4.78 is 0. The summed E-state index contributed by atoms with van der Waals surface area (Å²) in [5.41, 5.74) is 0. The van der Waals surface area contributed by atoms with Gasteiger partial charge >= 0.3 is 12.0 Å². The van der Waals surface area contributed by atoms with Crippen LogP contribution in [0.2, 0.25) is 0 Å². The molecule has 0 bridgehead atoms. The highest BCUT2D eigenvalue weighted by Crippen LogP contribution is 1.92. The van der Waals surface area contributed by atoms with E-state index in [1.165, 1.54) is 11.0 Å². The van der Waals surface area contributed by atoms with Crippen LogP contribution < -0.4 is 5.32 Å². The Morgan fingerprint density at radius 1 is 1.33 bits per heavy atom. The molecule has 2 N–H and O–H groups in total. The third-order valence-electron chi connectivity index (χ3n) is 2.08. The van der Waals surface area contributed by atoms with Crippen LogP contribution in [0.5, 0.6) is 0 Å². The summed E-state index contributed by atoms with van der Waals surface area (Å²) >= 11 is 0. The Labute approximate surface area is 106 Å². The summed E-state index contributed by atoms with van der Waals surface area (Å²) in [6.07, 6.45) is 1.61. The quantitative estimate of drug-likeness (QED) is 0.615. The number of nitrogens with one attached hydrogen (secondary N) is 1. The van der Waals surface area contributed by atoms with Gasteiger partial charge in [0.25, 0.3) is 0 Å². The number of aliphatic carboxylic acids is 1. The minimum atomic E-state index is -1.10. The van der Waals surface area contributed by atoms with Gasteiger partial charge in [-0.05, 0) is 0 Å². The van der Waals surface area contributed by atoms with E-state index in [9.17, 15) is 14.4 Å². The first-order chi connectivity index (χ1) is 8.38. The average molecular weight is 257 g/mol. The van der Waals surface area contributed by atoms with Gasteiger partial charge in [0.15, 0.2) is 0 Å². The van der Waals surface area contributed by atoms with Crippen molar-refractivity contribution in [1.29, 1.82) is 0 Å². The molecule has 7 nitrogen and oxygen atoms in total. The molecular formula is C11H19N3O4. The van der Waals surface area contributed by atoms with Gasteiger partial charge in [-0.1, -0.05) is 6.08 Å². The lowest BCUT2D eigenvalue weighted by atomic mass is 10.4. The van der Waals surface area contributed by atoms with Crippen LogP contribution in [-0.2, 0) is 9.59 Å². The van der Waals surface area contributed by atoms with Crippen molar-refractivity contribution in [2.24, 2.45) is 0 Å². The molecule has 0 rings (SSSR count). The number of carbonyl (C=O) groups excluding carboxylic acids is 2. The van der Waals surface area contributed by atoms with Crippen molar-refractivity contribution in [3.05, 3.63) is 12.7 Å². The lowest BCUT2D eigenvalue weighted by Gasteiger charge is -2.19. The average Bonchev–Trinajstić information content (AvgIpc) is 2.27. The fourth-order valence-electron chi connectivity index (χ4n) is 1.15. The van der Waals surface area contributed by atoms with Crippen LogP contribution in [0.25, 0.3) is 0 Å². The summed E-state index contributed by atoms with van der Waals surface area (Å²) in [4.78, 5) is 35.9. The summed E-state index contributed by atoms with van der Waals surface area (Å²) in [6.45, 7) is 3.35. The molecule has 0 aromatic rings. The van der Waals surface area contributed by atoms with Crippen molar-refractivity contribution in [3.8, 4) is 0 Å². The monoisotopic (exact) mass is 257 g/mol. The maximum Gasteiger partial charge on any atom is 0.323 e. The van der Waals surface area contributed by atoms with Gasteiger partial charge in [0.1, 0.15) is 6.54 Å². The second-order valence-corrected chi connectivity index (χ2v) is 3.83. The van der Waals surface area contributed by atoms with Gasteiger partial charge < -0.3 is 20.2 Å². The second kappa shape index (κ2) is 8.10. The number of carbonyl (C=O) groups is 3. The molecule has 0 aromatic heterocycles. The van der Waals surface area contributed by atoms with Gasteiger partial charge in [0.05, 0.1) is 0 Å². The Morgan fingerprint density at radius 3 is 2.39 bits per heavy atom. The lowest BCUT2D eigenvalue weighted by molar-refractivity contribution is -0.137. The van der Waals surface area contributed by atoms with Crippen molar-refractivity contribution >= 4 is 17.9 Å². The van der Waals surface area contributed by atoms with Crippen LogP contribution in [0.15, 0.2) is 12.7 Å².